The number of hydrogen-bond acceptors (Lipinski definition) is 2. The molecule has 0 aliphatic carbocycles. The molecular formula is C14H13F4NO3. The molecule has 2 rings (SSSR count). The van der Waals surface area contributed by atoms with E-state index in [0.717, 1.165) is 6.07 Å². The first kappa shape index (κ1) is 16.3. The molecule has 0 aromatic heterocycles. The molecule has 8 heteroatoms. The minimum atomic E-state index is -4.74. The second-order valence-corrected chi connectivity index (χ2v) is 5.13. The summed E-state index contributed by atoms with van der Waals surface area (Å²) in [5.74, 6) is -3.40. The van der Waals surface area contributed by atoms with Crippen molar-refractivity contribution in [2.45, 2.75) is 19.0 Å². The summed E-state index contributed by atoms with van der Waals surface area (Å²) in [5, 5.41) is 8.86. The Hall–Kier alpha value is -2.12. The van der Waals surface area contributed by atoms with Crippen molar-refractivity contribution in [3.63, 3.8) is 0 Å². The van der Waals surface area contributed by atoms with E-state index in [9.17, 15) is 27.2 Å². The van der Waals surface area contributed by atoms with E-state index in [1.807, 2.05) is 0 Å². The number of alkyl halides is 3. The predicted molar refractivity (Wildman–Crippen MR) is 67.7 cm³/mol. The number of amides is 1. The quantitative estimate of drug-likeness (QED) is 0.853. The average Bonchev–Trinajstić information content (AvgIpc) is 2.45. The van der Waals surface area contributed by atoms with Crippen LogP contribution in [0.25, 0.3) is 0 Å². The van der Waals surface area contributed by atoms with Gasteiger partial charge in [-0.1, -0.05) is 0 Å². The predicted octanol–water partition coefficient (Wildman–Crippen LogP) is 2.78. The molecule has 0 bridgehead atoms. The number of likely N-dealkylation sites (tertiary alicyclic amines) is 1. The van der Waals surface area contributed by atoms with Crippen LogP contribution >= 0.6 is 0 Å². The number of piperidine rings is 1. The molecule has 1 aliphatic heterocycles. The first-order valence-electron chi connectivity index (χ1n) is 6.58. The molecular weight excluding hydrogens is 306 g/mol. The zero-order chi connectivity index (χ0) is 16.5. The van der Waals surface area contributed by atoms with Crippen molar-refractivity contribution in [2.24, 2.45) is 5.92 Å². The van der Waals surface area contributed by atoms with Crippen molar-refractivity contribution in [1.29, 1.82) is 0 Å². The number of hydrogen-bond donors (Lipinski definition) is 1. The highest BCUT2D eigenvalue weighted by molar-refractivity contribution is 5.94. The maximum absolute atomic E-state index is 13.3. The molecule has 1 N–H and O–H groups in total. The number of carbonyl (C=O) groups is 2. The Morgan fingerprint density at radius 1 is 1.14 bits per heavy atom. The summed E-state index contributed by atoms with van der Waals surface area (Å²) in [7, 11) is 0. The fraction of sp³-hybridized carbons (Fsp3) is 0.429. The van der Waals surface area contributed by atoms with Gasteiger partial charge in [-0.15, -0.1) is 0 Å². The maximum Gasteiger partial charge on any atom is 0.416 e. The largest absolute Gasteiger partial charge is 0.481 e. The lowest BCUT2D eigenvalue weighted by Gasteiger charge is -2.30. The third-order valence-electron chi connectivity index (χ3n) is 3.60. The fourth-order valence-electron chi connectivity index (χ4n) is 2.39. The molecule has 4 nitrogen and oxygen atoms in total. The molecule has 0 spiro atoms. The summed E-state index contributed by atoms with van der Waals surface area (Å²) < 4.78 is 51.2. The highest BCUT2D eigenvalue weighted by Gasteiger charge is 2.33. The number of carbonyl (C=O) groups excluding carboxylic acids is 1. The molecule has 1 aromatic carbocycles. The van der Waals surface area contributed by atoms with Gasteiger partial charge in [-0.25, -0.2) is 4.39 Å². The minimum Gasteiger partial charge on any atom is -0.481 e. The van der Waals surface area contributed by atoms with Crippen LogP contribution in [0.1, 0.15) is 28.8 Å². The molecule has 1 fully saturated rings. The van der Waals surface area contributed by atoms with Crippen molar-refractivity contribution in [3.05, 3.63) is 35.1 Å². The molecule has 0 radical (unpaired) electrons. The Balaban J connectivity index is 2.17. The van der Waals surface area contributed by atoms with Gasteiger partial charge in [0.1, 0.15) is 5.82 Å². The van der Waals surface area contributed by atoms with E-state index in [0.29, 0.717) is 12.1 Å². The van der Waals surface area contributed by atoms with Crippen molar-refractivity contribution in [1.82, 2.24) is 4.90 Å². The first-order chi connectivity index (χ1) is 10.2. The Kier molecular flexibility index (Phi) is 4.39. The summed E-state index contributed by atoms with van der Waals surface area (Å²) in [6.07, 6.45) is -4.29. The molecule has 22 heavy (non-hydrogen) atoms. The van der Waals surface area contributed by atoms with Gasteiger partial charge >= 0.3 is 12.1 Å². The van der Waals surface area contributed by atoms with E-state index >= 15 is 0 Å². The number of rotatable bonds is 2. The summed E-state index contributed by atoms with van der Waals surface area (Å²) in [6.45, 7) is 0.237. The van der Waals surface area contributed by atoms with Crippen LogP contribution in [0.4, 0.5) is 17.6 Å². The number of carboxylic acid groups (broad SMARTS) is 1. The van der Waals surface area contributed by atoms with E-state index in [1.54, 1.807) is 0 Å². The van der Waals surface area contributed by atoms with Crippen LogP contribution in [-0.2, 0) is 11.0 Å². The van der Waals surface area contributed by atoms with Crippen LogP contribution < -0.4 is 0 Å². The van der Waals surface area contributed by atoms with Crippen molar-refractivity contribution in [2.75, 3.05) is 13.1 Å². The zero-order valence-corrected chi connectivity index (χ0v) is 11.4. The third-order valence-corrected chi connectivity index (χ3v) is 3.60. The monoisotopic (exact) mass is 319 g/mol. The normalized spacial score (nSPS) is 16.6. The molecule has 1 aliphatic rings. The zero-order valence-electron chi connectivity index (χ0n) is 11.4. The smallest absolute Gasteiger partial charge is 0.416 e. The van der Waals surface area contributed by atoms with Crippen LogP contribution in [0.15, 0.2) is 18.2 Å². The lowest BCUT2D eigenvalue weighted by molar-refractivity contribution is -0.143. The minimum absolute atomic E-state index is 0.119. The van der Waals surface area contributed by atoms with Crippen molar-refractivity contribution < 1.29 is 32.3 Å². The highest BCUT2D eigenvalue weighted by Crippen LogP contribution is 2.31. The molecule has 1 saturated heterocycles. The molecule has 1 aromatic rings. The van der Waals surface area contributed by atoms with E-state index in [2.05, 4.69) is 0 Å². The van der Waals surface area contributed by atoms with Crippen molar-refractivity contribution in [3.8, 4) is 0 Å². The Labute approximate surface area is 123 Å². The number of benzene rings is 1. The van der Waals surface area contributed by atoms with E-state index in [4.69, 9.17) is 5.11 Å². The van der Waals surface area contributed by atoms with Gasteiger partial charge < -0.3 is 10.0 Å². The molecule has 0 atom stereocenters. The topological polar surface area (TPSA) is 57.6 Å². The summed E-state index contributed by atoms with van der Waals surface area (Å²) in [5.41, 5.74) is -1.61. The second kappa shape index (κ2) is 5.94. The second-order valence-electron chi connectivity index (χ2n) is 5.13. The molecule has 1 amide bonds. The SMILES string of the molecule is O=C(O)C1CCN(C(=O)c2cc(F)cc(C(F)(F)F)c2)CC1. The van der Waals surface area contributed by atoms with Gasteiger partial charge in [-0.2, -0.15) is 13.2 Å². The molecule has 0 unspecified atom stereocenters. The number of halogens is 4. The molecule has 0 saturated carbocycles. The number of carboxylic acids is 1. The molecule has 120 valence electrons. The lowest BCUT2D eigenvalue weighted by Crippen LogP contribution is -2.40. The van der Waals surface area contributed by atoms with Gasteiger partial charge in [0.15, 0.2) is 0 Å². The van der Waals surface area contributed by atoms with Crippen LogP contribution in [0.3, 0.4) is 0 Å². The lowest BCUT2D eigenvalue weighted by atomic mass is 9.96. The first-order valence-corrected chi connectivity index (χ1v) is 6.58. The van der Waals surface area contributed by atoms with Gasteiger partial charge in [0, 0.05) is 18.7 Å². The summed E-state index contributed by atoms with van der Waals surface area (Å²) in [6, 6.07) is 1.68. The van der Waals surface area contributed by atoms with Crippen LogP contribution in [-0.4, -0.2) is 35.0 Å². The van der Waals surface area contributed by atoms with Crippen LogP contribution in [0, 0.1) is 11.7 Å². The Morgan fingerprint density at radius 2 is 1.73 bits per heavy atom. The van der Waals surface area contributed by atoms with Crippen LogP contribution in [0.5, 0.6) is 0 Å². The summed E-state index contributed by atoms with van der Waals surface area (Å²) >= 11 is 0. The standard InChI is InChI=1S/C14H13F4NO3/c15-11-6-9(5-10(7-11)14(16,17)18)12(20)19-3-1-8(2-4-19)13(21)22/h5-8H,1-4H2,(H,21,22). The fourth-order valence-corrected chi connectivity index (χ4v) is 2.39. The molecule has 1 heterocycles. The van der Waals surface area contributed by atoms with Gasteiger partial charge in [0.2, 0.25) is 0 Å². The van der Waals surface area contributed by atoms with Gasteiger partial charge in [-0.3, -0.25) is 9.59 Å². The number of nitrogens with zero attached hydrogens (tertiary/aromatic N) is 1. The third kappa shape index (κ3) is 3.55. The average molecular weight is 319 g/mol. The summed E-state index contributed by atoms with van der Waals surface area (Å²) in [4.78, 5) is 24.2. The van der Waals surface area contributed by atoms with E-state index < -0.39 is 35.4 Å². The van der Waals surface area contributed by atoms with Crippen LogP contribution in [0.2, 0.25) is 0 Å². The number of aliphatic carboxylic acids is 1. The van der Waals surface area contributed by atoms with Gasteiger partial charge in [0.05, 0.1) is 11.5 Å². The Morgan fingerprint density at radius 3 is 2.23 bits per heavy atom. The van der Waals surface area contributed by atoms with Gasteiger partial charge in [0.25, 0.3) is 5.91 Å². The van der Waals surface area contributed by atoms with Crippen molar-refractivity contribution >= 4 is 11.9 Å². The highest BCUT2D eigenvalue weighted by atomic mass is 19.4. The van der Waals surface area contributed by atoms with Gasteiger partial charge in [-0.05, 0) is 31.0 Å². The van der Waals surface area contributed by atoms with E-state index in [1.165, 1.54) is 4.90 Å². The maximum atomic E-state index is 13.3. The Bertz CT molecular complexity index is 592. The van der Waals surface area contributed by atoms with E-state index in [-0.39, 0.29) is 31.5 Å².